The fourth-order valence-electron chi connectivity index (χ4n) is 3.02. The number of nitrogens with zero attached hydrogens (tertiary/aromatic N) is 4. The lowest BCUT2D eigenvalue weighted by atomic mass is 10.2. The van der Waals surface area contributed by atoms with E-state index in [4.69, 9.17) is 4.98 Å². The minimum atomic E-state index is 0.923. The van der Waals surface area contributed by atoms with E-state index in [2.05, 4.69) is 50.5 Å². The van der Waals surface area contributed by atoms with E-state index in [0.29, 0.717) is 0 Å². The van der Waals surface area contributed by atoms with Crippen molar-refractivity contribution in [2.24, 2.45) is 0 Å². The van der Waals surface area contributed by atoms with Crippen LogP contribution >= 0.6 is 11.3 Å². The first kappa shape index (κ1) is 15.3. The number of rotatable bonds is 4. The summed E-state index contributed by atoms with van der Waals surface area (Å²) < 4.78 is 0. The molecule has 0 unspecified atom stereocenters. The minimum Gasteiger partial charge on any atom is -0.369 e. The van der Waals surface area contributed by atoms with Gasteiger partial charge in [0.2, 0.25) is 0 Å². The molecule has 4 nitrogen and oxygen atoms in total. The summed E-state index contributed by atoms with van der Waals surface area (Å²) in [5.41, 5.74) is 3.43. The van der Waals surface area contributed by atoms with Crippen LogP contribution in [0.1, 0.15) is 5.69 Å². The smallest absolute Gasteiger partial charge is 0.142 e. The van der Waals surface area contributed by atoms with Crippen molar-refractivity contribution in [3.8, 4) is 10.7 Å². The number of hydrogen-bond donors (Lipinski definition) is 0. The Morgan fingerprint density at radius 1 is 0.917 bits per heavy atom. The third-order valence-corrected chi connectivity index (χ3v) is 5.23. The van der Waals surface area contributed by atoms with Gasteiger partial charge in [0.15, 0.2) is 0 Å². The molecule has 0 N–H and O–H groups in total. The molecule has 0 saturated carbocycles. The highest BCUT2D eigenvalue weighted by molar-refractivity contribution is 7.13. The van der Waals surface area contributed by atoms with Crippen LogP contribution in [0.4, 0.5) is 5.69 Å². The monoisotopic (exact) mass is 336 g/mol. The van der Waals surface area contributed by atoms with Crippen LogP contribution in [0.5, 0.6) is 0 Å². The maximum absolute atomic E-state index is 4.75. The standard InChI is InChI=1S/C19H20N4S/c1-2-6-17(7-3-1)23-12-10-22(11-13-23)14-16-15-24-19(21-16)18-8-4-5-9-20-18/h1-9,15H,10-14H2. The summed E-state index contributed by atoms with van der Waals surface area (Å²) in [5.74, 6) is 0. The quantitative estimate of drug-likeness (QED) is 0.730. The van der Waals surface area contributed by atoms with Crippen molar-refractivity contribution in [2.75, 3.05) is 31.1 Å². The Hall–Kier alpha value is -2.24. The van der Waals surface area contributed by atoms with Gasteiger partial charge in [-0.05, 0) is 24.3 Å². The number of piperazine rings is 1. The zero-order valence-corrected chi connectivity index (χ0v) is 14.3. The number of aromatic nitrogens is 2. The number of hydrogen-bond acceptors (Lipinski definition) is 5. The highest BCUT2D eigenvalue weighted by atomic mass is 32.1. The van der Waals surface area contributed by atoms with Crippen molar-refractivity contribution >= 4 is 17.0 Å². The van der Waals surface area contributed by atoms with E-state index in [1.165, 1.54) is 5.69 Å². The second-order valence-corrected chi connectivity index (χ2v) is 6.82. The third-order valence-electron chi connectivity index (χ3n) is 4.31. The highest BCUT2D eigenvalue weighted by Crippen LogP contribution is 2.23. The number of para-hydroxylation sites is 1. The molecule has 0 radical (unpaired) electrons. The highest BCUT2D eigenvalue weighted by Gasteiger charge is 2.18. The molecular weight excluding hydrogens is 316 g/mol. The summed E-state index contributed by atoms with van der Waals surface area (Å²) in [6.45, 7) is 5.21. The first-order chi connectivity index (χ1) is 11.9. The van der Waals surface area contributed by atoms with Gasteiger partial charge in [-0.15, -0.1) is 11.3 Å². The van der Waals surface area contributed by atoms with E-state index < -0.39 is 0 Å². The summed E-state index contributed by atoms with van der Waals surface area (Å²) in [5, 5.41) is 3.17. The minimum absolute atomic E-state index is 0.923. The number of anilines is 1. The second-order valence-electron chi connectivity index (χ2n) is 5.96. The largest absolute Gasteiger partial charge is 0.369 e. The van der Waals surface area contributed by atoms with Crippen molar-refractivity contribution in [2.45, 2.75) is 6.54 Å². The molecule has 0 bridgehead atoms. The van der Waals surface area contributed by atoms with Crippen LogP contribution in [0.25, 0.3) is 10.7 Å². The average molecular weight is 336 g/mol. The fourth-order valence-corrected chi connectivity index (χ4v) is 3.80. The first-order valence-electron chi connectivity index (χ1n) is 8.27. The molecule has 3 heterocycles. The Kier molecular flexibility index (Phi) is 4.53. The number of benzene rings is 1. The summed E-state index contributed by atoms with van der Waals surface area (Å²) in [4.78, 5) is 14.1. The molecule has 5 heteroatoms. The van der Waals surface area contributed by atoms with Crippen LogP contribution in [0.3, 0.4) is 0 Å². The molecule has 1 aliphatic rings. The number of pyridine rings is 1. The van der Waals surface area contributed by atoms with E-state index in [1.807, 2.05) is 24.4 Å². The third kappa shape index (κ3) is 3.47. The number of thiazole rings is 1. The molecule has 1 saturated heterocycles. The molecule has 2 aromatic heterocycles. The second kappa shape index (κ2) is 7.11. The molecule has 1 aliphatic heterocycles. The zero-order valence-electron chi connectivity index (χ0n) is 13.5. The molecule has 0 atom stereocenters. The zero-order chi connectivity index (χ0) is 16.2. The van der Waals surface area contributed by atoms with Gasteiger partial charge < -0.3 is 4.90 Å². The van der Waals surface area contributed by atoms with Gasteiger partial charge in [0.05, 0.1) is 11.4 Å². The Labute approximate surface area is 146 Å². The Morgan fingerprint density at radius 3 is 2.46 bits per heavy atom. The lowest BCUT2D eigenvalue weighted by Gasteiger charge is -2.35. The molecule has 1 fully saturated rings. The molecule has 1 aromatic carbocycles. The van der Waals surface area contributed by atoms with E-state index in [1.54, 1.807) is 11.3 Å². The van der Waals surface area contributed by atoms with Crippen LogP contribution in [0.2, 0.25) is 0 Å². The predicted molar refractivity (Wildman–Crippen MR) is 99.3 cm³/mol. The lowest BCUT2D eigenvalue weighted by molar-refractivity contribution is 0.247. The summed E-state index contributed by atoms with van der Waals surface area (Å²) in [6, 6.07) is 16.6. The van der Waals surface area contributed by atoms with Crippen LogP contribution in [-0.2, 0) is 6.54 Å². The van der Waals surface area contributed by atoms with Crippen molar-refractivity contribution in [3.63, 3.8) is 0 Å². The summed E-state index contributed by atoms with van der Waals surface area (Å²) >= 11 is 1.68. The van der Waals surface area contributed by atoms with Gasteiger partial charge >= 0.3 is 0 Å². The van der Waals surface area contributed by atoms with Crippen molar-refractivity contribution in [1.82, 2.24) is 14.9 Å². The Morgan fingerprint density at radius 2 is 1.71 bits per heavy atom. The van der Waals surface area contributed by atoms with E-state index in [9.17, 15) is 0 Å². The van der Waals surface area contributed by atoms with Crippen molar-refractivity contribution in [1.29, 1.82) is 0 Å². The fraction of sp³-hybridized carbons (Fsp3) is 0.263. The van der Waals surface area contributed by atoms with Crippen molar-refractivity contribution in [3.05, 3.63) is 65.8 Å². The topological polar surface area (TPSA) is 32.3 Å². The summed E-state index contributed by atoms with van der Waals surface area (Å²) in [7, 11) is 0. The van der Waals surface area contributed by atoms with Crippen molar-refractivity contribution < 1.29 is 0 Å². The van der Waals surface area contributed by atoms with Crippen LogP contribution < -0.4 is 4.90 Å². The maximum Gasteiger partial charge on any atom is 0.142 e. The molecular formula is C19H20N4S. The molecule has 24 heavy (non-hydrogen) atoms. The maximum atomic E-state index is 4.75. The van der Waals surface area contributed by atoms with Crippen LogP contribution in [0.15, 0.2) is 60.1 Å². The SMILES string of the molecule is c1ccc(N2CCN(Cc3csc(-c4ccccn4)n3)CC2)cc1. The normalized spacial score (nSPS) is 15.6. The van der Waals surface area contributed by atoms with Gasteiger partial charge in [-0.25, -0.2) is 4.98 Å². The summed E-state index contributed by atoms with van der Waals surface area (Å²) in [6.07, 6.45) is 1.82. The first-order valence-corrected chi connectivity index (χ1v) is 9.14. The van der Waals surface area contributed by atoms with Gasteiger partial charge in [0.1, 0.15) is 5.01 Å². The van der Waals surface area contributed by atoms with E-state index in [-0.39, 0.29) is 0 Å². The van der Waals surface area contributed by atoms with Crippen LogP contribution in [-0.4, -0.2) is 41.0 Å². The van der Waals surface area contributed by atoms with E-state index in [0.717, 1.165) is 49.1 Å². The van der Waals surface area contributed by atoms with Gasteiger partial charge in [-0.1, -0.05) is 24.3 Å². The molecule has 0 amide bonds. The van der Waals surface area contributed by atoms with Crippen LogP contribution in [0, 0.1) is 0 Å². The van der Waals surface area contributed by atoms with Gasteiger partial charge in [0.25, 0.3) is 0 Å². The molecule has 4 rings (SSSR count). The van der Waals surface area contributed by atoms with E-state index >= 15 is 0 Å². The van der Waals surface area contributed by atoms with Gasteiger partial charge in [-0.3, -0.25) is 9.88 Å². The molecule has 3 aromatic rings. The lowest BCUT2D eigenvalue weighted by Crippen LogP contribution is -2.46. The predicted octanol–water partition coefficient (Wildman–Crippen LogP) is 3.53. The molecule has 0 aliphatic carbocycles. The molecule has 0 spiro atoms. The average Bonchev–Trinajstić information content (AvgIpc) is 3.12. The van der Waals surface area contributed by atoms with Gasteiger partial charge in [0, 0.05) is 50.0 Å². The molecule has 122 valence electrons. The van der Waals surface area contributed by atoms with Gasteiger partial charge in [-0.2, -0.15) is 0 Å². The Balaban J connectivity index is 1.35. The Bertz CT molecular complexity index is 764.